The maximum Gasteiger partial charge on any atom is 0.212 e. The molecule has 1 atom stereocenters. The summed E-state index contributed by atoms with van der Waals surface area (Å²) in [7, 11) is -3.26. The van der Waals surface area contributed by atoms with Gasteiger partial charge in [0.2, 0.25) is 10.0 Å². The van der Waals surface area contributed by atoms with Crippen molar-refractivity contribution in [2.45, 2.75) is 44.6 Å². The van der Waals surface area contributed by atoms with Gasteiger partial charge in [-0.1, -0.05) is 0 Å². The fraction of sp³-hybridized carbons (Fsp3) is 0.786. The Balaban J connectivity index is 1.57. The first-order valence-corrected chi connectivity index (χ1v) is 10.1. The van der Waals surface area contributed by atoms with Crippen molar-refractivity contribution in [2.75, 3.05) is 19.0 Å². The molecule has 1 saturated heterocycles. The molecule has 0 radical (unpaired) electrons. The molecule has 21 heavy (non-hydrogen) atoms. The number of sulfonamides is 1. The van der Waals surface area contributed by atoms with Crippen LogP contribution in [0.2, 0.25) is 0 Å². The van der Waals surface area contributed by atoms with Crippen molar-refractivity contribution in [3.63, 3.8) is 0 Å². The maximum atomic E-state index is 12.3. The number of ether oxygens (including phenoxy) is 1. The first-order chi connectivity index (χ1) is 10.0. The second kappa shape index (κ2) is 6.32. The van der Waals surface area contributed by atoms with Gasteiger partial charge in [0.05, 0.1) is 22.5 Å². The predicted octanol–water partition coefficient (Wildman–Crippen LogP) is 2.43. The summed E-state index contributed by atoms with van der Waals surface area (Å²) in [6, 6.07) is -0.251. The second-order valence-corrected chi connectivity index (χ2v) is 8.75. The van der Waals surface area contributed by atoms with Crippen molar-refractivity contribution in [1.29, 1.82) is 0 Å². The highest BCUT2D eigenvalue weighted by Crippen LogP contribution is 2.41. The lowest BCUT2D eigenvalue weighted by Gasteiger charge is -2.22. The average Bonchev–Trinajstić information content (AvgIpc) is 3.16. The smallest absolute Gasteiger partial charge is 0.212 e. The van der Waals surface area contributed by atoms with Crippen LogP contribution in [0.25, 0.3) is 0 Å². The van der Waals surface area contributed by atoms with Crippen LogP contribution in [0.5, 0.6) is 0 Å². The van der Waals surface area contributed by atoms with Crippen LogP contribution in [0.3, 0.4) is 0 Å². The van der Waals surface area contributed by atoms with Gasteiger partial charge >= 0.3 is 0 Å². The Kier molecular flexibility index (Phi) is 4.63. The maximum absolute atomic E-state index is 12.3. The zero-order chi connectivity index (χ0) is 14.9. The minimum absolute atomic E-state index is 0.195. The van der Waals surface area contributed by atoms with E-state index in [-0.39, 0.29) is 17.7 Å². The van der Waals surface area contributed by atoms with Crippen molar-refractivity contribution in [1.82, 2.24) is 9.71 Å². The van der Waals surface area contributed by atoms with Gasteiger partial charge in [0.1, 0.15) is 0 Å². The highest BCUT2D eigenvalue weighted by molar-refractivity contribution is 7.89. The summed E-state index contributed by atoms with van der Waals surface area (Å²) in [5.74, 6) is 1.02. The van der Waals surface area contributed by atoms with E-state index in [4.69, 9.17) is 4.74 Å². The fourth-order valence-corrected chi connectivity index (χ4v) is 5.41. The van der Waals surface area contributed by atoms with Gasteiger partial charge in [-0.25, -0.2) is 18.1 Å². The molecule has 0 amide bonds. The third-order valence-electron chi connectivity index (χ3n) is 4.06. The van der Waals surface area contributed by atoms with E-state index in [2.05, 4.69) is 9.71 Å². The van der Waals surface area contributed by atoms with Crippen LogP contribution in [0.4, 0.5) is 0 Å². The number of rotatable bonds is 6. The molecule has 0 unspecified atom stereocenters. The van der Waals surface area contributed by atoms with Crippen molar-refractivity contribution >= 4 is 21.4 Å². The standard InChI is InChI=1S/C14H22N2O3S2/c1-10(13-8-20-14(15-13)12-2-3-12)16-21(17,18)9-11-4-6-19-7-5-11/h8,10-12,16H,2-7,9H2,1H3/t10-/m0/s1. The lowest BCUT2D eigenvalue weighted by molar-refractivity contribution is 0.0723. The van der Waals surface area contributed by atoms with E-state index in [1.165, 1.54) is 12.8 Å². The number of hydrogen-bond acceptors (Lipinski definition) is 5. The summed E-state index contributed by atoms with van der Waals surface area (Å²) in [4.78, 5) is 4.57. The Hall–Kier alpha value is -0.500. The minimum Gasteiger partial charge on any atom is -0.381 e. The molecule has 0 spiro atoms. The SMILES string of the molecule is C[C@H](NS(=O)(=O)CC1CCOCC1)c1csc(C2CC2)n1. The van der Waals surface area contributed by atoms with Gasteiger partial charge in [0, 0.05) is 24.5 Å². The van der Waals surface area contributed by atoms with Gasteiger partial charge in [-0.15, -0.1) is 11.3 Å². The monoisotopic (exact) mass is 330 g/mol. The zero-order valence-electron chi connectivity index (χ0n) is 12.2. The van der Waals surface area contributed by atoms with Gasteiger partial charge in [0.25, 0.3) is 0 Å². The Morgan fingerprint density at radius 2 is 2.10 bits per heavy atom. The molecular weight excluding hydrogens is 308 g/mol. The molecule has 3 rings (SSSR count). The van der Waals surface area contributed by atoms with Crippen LogP contribution in [-0.2, 0) is 14.8 Å². The number of thiazole rings is 1. The van der Waals surface area contributed by atoms with Crippen molar-refractivity contribution in [3.05, 3.63) is 16.1 Å². The molecule has 1 saturated carbocycles. The highest BCUT2D eigenvalue weighted by Gasteiger charge is 2.28. The van der Waals surface area contributed by atoms with Crippen LogP contribution in [0.1, 0.15) is 55.3 Å². The number of aromatic nitrogens is 1. The van der Waals surface area contributed by atoms with E-state index < -0.39 is 10.0 Å². The van der Waals surface area contributed by atoms with Crippen LogP contribution in [0.15, 0.2) is 5.38 Å². The largest absolute Gasteiger partial charge is 0.381 e. The Labute approximate surface area is 130 Å². The first-order valence-electron chi connectivity index (χ1n) is 7.56. The first kappa shape index (κ1) is 15.4. The van der Waals surface area contributed by atoms with Crippen molar-refractivity contribution in [3.8, 4) is 0 Å². The molecule has 1 N–H and O–H groups in total. The third kappa shape index (κ3) is 4.25. The van der Waals surface area contributed by atoms with E-state index in [9.17, 15) is 8.42 Å². The van der Waals surface area contributed by atoms with Gasteiger partial charge in [-0.3, -0.25) is 0 Å². The molecule has 1 aliphatic heterocycles. The van der Waals surface area contributed by atoms with Gasteiger partial charge in [-0.2, -0.15) is 0 Å². The average molecular weight is 330 g/mol. The van der Waals surface area contributed by atoms with Gasteiger partial charge < -0.3 is 4.74 Å². The number of hydrogen-bond donors (Lipinski definition) is 1. The fourth-order valence-electron chi connectivity index (χ4n) is 2.62. The van der Waals surface area contributed by atoms with Crippen molar-refractivity contribution < 1.29 is 13.2 Å². The summed E-state index contributed by atoms with van der Waals surface area (Å²) in [5.41, 5.74) is 0.845. The molecule has 5 nitrogen and oxygen atoms in total. The normalized spacial score (nSPS) is 22.3. The number of nitrogens with zero attached hydrogens (tertiary/aromatic N) is 1. The van der Waals surface area contributed by atoms with Crippen LogP contribution in [0, 0.1) is 5.92 Å². The second-order valence-electron chi connectivity index (χ2n) is 6.06. The number of nitrogens with one attached hydrogen (secondary N) is 1. The Morgan fingerprint density at radius 1 is 1.38 bits per heavy atom. The molecule has 1 aromatic rings. The summed E-state index contributed by atoms with van der Waals surface area (Å²) < 4.78 is 32.6. The van der Waals surface area contributed by atoms with E-state index in [1.807, 2.05) is 12.3 Å². The zero-order valence-corrected chi connectivity index (χ0v) is 13.9. The van der Waals surface area contributed by atoms with Gasteiger partial charge in [0.15, 0.2) is 0 Å². The predicted molar refractivity (Wildman–Crippen MR) is 83.0 cm³/mol. The molecule has 118 valence electrons. The molecule has 0 aromatic carbocycles. The van der Waals surface area contributed by atoms with E-state index in [0.29, 0.717) is 19.1 Å². The van der Waals surface area contributed by atoms with Gasteiger partial charge in [-0.05, 0) is 38.5 Å². The van der Waals surface area contributed by atoms with Crippen LogP contribution >= 0.6 is 11.3 Å². The summed E-state index contributed by atoms with van der Waals surface area (Å²) in [6.07, 6.45) is 4.10. The van der Waals surface area contributed by atoms with Crippen LogP contribution in [-0.4, -0.2) is 32.4 Å². The molecule has 2 aliphatic rings. The molecule has 0 bridgehead atoms. The Bertz CT molecular complexity index is 575. The topological polar surface area (TPSA) is 68.3 Å². The molecule has 2 fully saturated rings. The molecule has 2 heterocycles. The lowest BCUT2D eigenvalue weighted by Crippen LogP contribution is -2.34. The highest BCUT2D eigenvalue weighted by atomic mass is 32.2. The lowest BCUT2D eigenvalue weighted by atomic mass is 10.0. The minimum atomic E-state index is -3.26. The molecular formula is C14H22N2O3S2. The summed E-state index contributed by atoms with van der Waals surface area (Å²) >= 11 is 1.65. The Morgan fingerprint density at radius 3 is 2.76 bits per heavy atom. The molecule has 7 heteroatoms. The van der Waals surface area contributed by atoms with E-state index in [0.717, 1.165) is 23.5 Å². The third-order valence-corrected chi connectivity index (χ3v) is 6.71. The van der Waals surface area contributed by atoms with E-state index >= 15 is 0 Å². The van der Waals surface area contributed by atoms with Crippen LogP contribution < -0.4 is 4.72 Å². The summed E-state index contributed by atoms with van der Waals surface area (Å²) in [5, 5.41) is 3.13. The van der Waals surface area contributed by atoms with Crippen molar-refractivity contribution in [2.24, 2.45) is 5.92 Å². The molecule has 1 aliphatic carbocycles. The quantitative estimate of drug-likeness (QED) is 0.870. The molecule has 1 aromatic heterocycles. The van der Waals surface area contributed by atoms with E-state index in [1.54, 1.807) is 11.3 Å². The summed E-state index contributed by atoms with van der Waals surface area (Å²) in [6.45, 7) is 3.21.